The first-order valence-electron chi connectivity index (χ1n) is 6.29. The van der Waals surface area contributed by atoms with Gasteiger partial charge in [0.2, 0.25) is 0 Å². The molecule has 24 heavy (non-hydrogen) atoms. The van der Waals surface area contributed by atoms with E-state index in [0.717, 1.165) is 0 Å². The minimum Gasteiger partial charge on any atom is -0.388 e. The molecule has 11 heteroatoms. The van der Waals surface area contributed by atoms with E-state index in [4.69, 9.17) is 0 Å². The first-order valence-corrected chi connectivity index (χ1v) is 6.29. The number of aliphatic hydroxyl groups is 1. The second-order valence-corrected chi connectivity index (χ2v) is 4.87. The van der Waals surface area contributed by atoms with Crippen molar-refractivity contribution in [1.82, 2.24) is 0 Å². The normalized spacial score (nSPS) is 15.5. The highest BCUT2D eigenvalue weighted by molar-refractivity contribution is 5.39. The summed E-state index contributed by atoms with van der Waals surface area (Å²) < 4.78 is 128. The zero-order valence-electron chi connectivity index (χ0n) is 11.7. The Morgan fingerprint density at radius 3 is 1.67 bits per heavy atom. The number of rotatable bonds is 4. The highest BCUT2D eigenvalue weighted by Crippen LogP contribution is 2.49. The maximum atomic E-state index is 13.5. The number of halogens is 10. The largest absolute Gasteiger partial charge is 0.458 e. The summed E-state index contributed by atoms with van der Waals surface area (Å²) in [4.78, 5) is 0. The van der Waals surface area contributed by atoms with Crippen molar-refractivity contribution in [2.24, 2.45) is 0 Å². The van der Waals surface area contributed by atoms with Crippen LogP contribution in [0.25, 0.3) is 0 Å². The molecule has 1 aromatic carbocycles. The molecule has 0 saturated heterocycles. The van der Waals surface area contributed by atoms with Crippen molar-refractivity contribution in [1.29, 1.82) is 0 Å². The lowest BCUT2D eigenvalue weighted by Gasteiger charge is -2.27. The lowest BCUT2D eigenvalue weighted by molar-refractivity contribution is -0.292. The lowest BCUT2D eigenvalue weighted by Crippen LogP contribution is -2.37. The molecule has 0 amide bonds. The molecule has 0 aliphatic heterocycles. The Morgan fingerprint density at radius 2 is 1.29 bits per heavy atom. The molecule has 138 valence electrons. The first kappa shape index (κ1) is 20.5. The van der Waals surface area contributed by atoms with Crippen LogP contribution in [0.5, 0.6) is 0 Å². The number of alkyl halides is 10. The van der Waals surface area contributed by atoms with Gasteiger partial charge in [0.15, 0.2) is 0 Å². The number of benzene rings is 1. The van der Waals surface area contributed by atoms with E-state index in [1.54, 1.807) is 0 Å². The second-order valence-electron chi connectivity index (χ2n) is 4.87. The van der Waals surface area contributed by atoms with E-state index in [2.05, 4.69) is 0 Å². The molecule has 1 N–H and O–H groups in total. The van der Waals surface area contributed by atoms with Gasteiger partial charge in [-0.3, -0.25) is 0 Å². The summed E-state index contributed by atoms with van der Waals surface area (Å²) in [5, 5.41) is 9.48. The van der Waals surface area contributed by atoms with Crippen molar-refractivity contribution >= 4 is 0 Å². The van der Waals surface area contributed by atoms with Crippen molar-refractivity contribution in [3.63, 3.8) is 0 Å². The molecule has 1 atom stereocenters. The Labute approximate surface area is 128 Å². The Morgan fingerprint density at radius 1 is 0.833 bits per heavy atom. The smallest absolute Gasteiger partial charge is 0.388 e. The fraction of sp³-hybridized carbons (Fsp3) is 0.538. The minimum atomic E-state index is -6.25. The SMILES string of the molecule is CCC(O)c1ccc(C(F)(F)C(F)(F)F)cc1C(F)(F)C(F)(F)F. The van der Waals surface area contributed by atoms with Gasteiger partial charge in [-0.1, -0.05) is 19.1 Å². The van der Waals surface area contributed by atoms with Crippen molar-refractivity contribution in [2.45, 2.75) is 43.6 Å². The zero-order chi connectivity index (χ0) is 19.1. The van der Waals surface area contributed by atoms with Gasteiger partial charge in [-0.15, -0.1) is 0 Å². The van der Waals surface area contributed by atoms with Gasteiger partial charge in [-0.05, 0) is 18.1 Å². The summed E-state index contributed by atoms with van der Waals surface area (Å²) >= 11 is 0. The van der Waals surface area contributed by atoms with Crippen LogP contribution in [0, 0.1) is 0 Å². The van der Waals surface area contributed by atoms with E-state index in [1.807, 2.05) is 0 Å². The molecule has 0 fully saturated rings. The maximum Gasteiger partial charge on any atom is 0.458 e. The van der Waals surface area contributed by atoms with Crippen LogP contribution >= 0.6 is 0 Å². The van der Waals surface area contributed by atoms with Crippen LogP contribution in [0.1, 0.15) is 36.1 Å². The summed E-state index contributed by atoms with van der Waals surface area (Å²) in [7, 11) is 0. The van der Waals surface area contributed by atoms with E-state index in [1.165, 1.54) is 6.92 Å². The van der Waals surface area contributed by atoms with Crippen LogP contribution < -0.4 is 0 Å². The minimum absolute atomic E-state index is 0.0532. The maximum absolute atomic E-state index is 13.5. The molecule has 1 rings (SSSR count). The Kier molecular flexibility index (Phi) is 5.20. The highest BCUT2D eigenvalue weighted by Gasteiger charge is 2.62. The molecule has 1 nitrogen and oxygen atoms in total. The van der Waals surface area contributed by atoms with Gasteiger partial charge in [-0.25, -0.2) is 0 Å². The van der Waals surface area contributed by atoms with Crippen LogP contribution in [-0.2, 0) is 11.8 Å². The van der Waals surface area contributed by atoms with Gasteiger partial charge < -0.3 is 5.11 Å². The molecule has 0 radical (unpaired) electrons. The molecule has 1 aromatic rings. The van der Waals surface area contributed by atoms with Crippen LogP contribution in [-0.4, -0.2) is 17.5 Å². The Bertz CT molecular complexity index is 587. The standard InChI is InChI=1S/C13H10F10O/c1-2-9(24)7-4-3-6(10(14,15)12(18,19)20)5-8(7)11(16,17)13(21,22)23/h3-5,9,24H,2H2,1H3. The number of hydrogen-bond donors (Lipinski definition) is 1. The quantitative estimate of drug-likeness (QED) is 0.698. The van der Waals surface area contributed by atoms with E-state index in [9.17, 15) is 49.0 Å². The summed E-state index contributed by atoms with van der Waals surface area (Å²) in [6, 6.07) is -0.314. The van der Waals surface area contributed by atoms with Crippen LogP contribution in [0.15, 0.2) is 18.2 Å². The molecular formula is C13H10F10O. The van der Waals surface area contributed by atoms with Crippen molar-refractivity contribution < 1.29 is 49.0 Å². The van der Waals surface area contributed by atoms with Crippen LogP contribution in [0.4, 0.5) is 43.9 Å². The summed E-state index contributed by atoms with van der Waals surface area (Å²) in [6.45, 7) is 1.19. The molecule has 0 aliphatic carbocycles. The molecule has 1 unspecified atom stereocenters. The van der Waals surface area contributed by atoms with Crippen molar-refractivity contribution in [3.8, 4) is 0 Å². The zero-order valence-corrected chi connectivity index (χ0v) is 11.7. The predicted molar refractivity (Wildman–Crippen MR) is 61.6 cm³/mol. The second kappa shape index (κ2) is 6.08. The van der Waals surface area contributed by atoms with Crippen molar-refractivity contribution in [2.75, 3.05) is 0 Å². The predicted octanol–water partition coefficient (Wildman–Crippen LogP) is 5.44. The fourth-order valence-corrected chi connectivity index (χ4v) is 1.85. The number of aliphatic hydroxyl groups excluding tert-OH is 1. The lowest BCUT2D eigenvalue weighted by atomic mass is 9.92. The van der Waals surface area contributed by atoms with Crippen LogP contribution in [0.2, 0.25) is 0 Å². The first-order chi connectivity index (χ1) is 10.6. The molecule has 0 saturated carbocycles. The van der Waals surface area contributed by atoms with Gasteiger partial charge in [-0.2, -0.15) is 43.9 Å². The van der Waals surface area contributed by atoms with E-state index >= 15 is 0 Å². The third-order valence-electron chi connectivity index (χ3n) is 3.21. The fourth-order valence-electron chi connectivity index (χ4n) is 1.85. The molecule has 0 heterocycles. The van der Waals surface area contributed by atoms with Gasteiger partial charge >= 0.3 is 24.2 Å². The number of hydrogen-bond acceptors (Lipinski definition) is 1. The van der Waals surface area contributed by atoms with Crippen molar-refractivity contribution in [3.05, 3.63) is 34.9 Å². The van der Waals surface area contributed by atoms with Crippen LogP contribution in [0.3, 0.4) is 0 Å². The van der Waals surface area contributed by atoms with E-state index < -0.39 is 53.1 Å². The van der Waals surface area contributed by atoms with Gasteiger partial charge in [0.05, 0.1) is 6.10 Å². The summed E-state index contributed by atoms with van der Waals surface area (Å²) in [5.41, 5.74) is -5.31. The topological polar surface area (TPSA) is 20.2 Å². The molecule has 0 spiro atoms. The van der Waals surface area contributed by atoms with Gasteiger partial charge in [0, 0.05) is 11.1 Å². The average Bonchev–Trinajstić information content (AvgIpc) is 2.43. The van der Waals surface area contributed by atoms with Gasteiger partial charge in [0.25, 0.3) is 0 Å². The third-order valence-corrected chi connectivity index (χ3v) is 3.21. The highest BCUT2D eigenvalue weighted by atomic mass is 19.4. The molecule has 0 aromatic heterocycles. The van der Waals surface area contributed by atoms with E-state index in [0.29, 0.717) is 0 Å². The third kappa shape index (κ3) is 3.45. The molecule has 0 bridgehead atoms. The Hall–Kier alpha value is -1.52. The average molecular weight is 372 g/mol. The summed E-state index contributed by atoms with van der Waals surface area (Å²) in [5.74, 6) is -11.4. The molecular weight excluding hydrogens is 362 g/mol. The Balaban J connectivity index is 3.68. The van der Waals surface area contributed by atoms with E-state index in [-0.39, 0.29) is 18.6 Å². The molecule has 0 aliphatic rings. The monoisotopic (exact) mass is 372 g/mol. The summed E-state index contributed by atoms with van der Waals surface area (Å²) in [6.07, 6.45) is -14.7. The van der Waals surface area contributed by atoms with Gasteiger partial charge in [0.1, 0.15) is 0 Å².